The van der Waals surface area contributed by atoms with E-state index in [4.69, 9.17) is 5.26 Å². The third-order valence-corrected chi connectivity index (χ3v) is 4.67. The first kappa shape index (κ1) is 17.1. The predicted octanol–water partition coefficient (Wildman–Crippen LogP) is 0.744. The first-order chi connectivity index (χ1) is 12.1. The quantitative estimate of drug-likeness (QED) is 0.789. The molecule has 1 atom stereocenters. The Morgan fingerprint density at radius 1 is 1.44 bits per heavy atom. The van der Waals surface area contributed by atoms with Gasteiger partial charge in [0.1, 0.15) is 0 Å². The molecule has 0 radical (unpaired) electrons. The lowest BCUT2D eigenvalue weighted by molar-refractivity contribution is -0.136. The van der Waals surface area contributed by atoms with Gasteiger partial charge in [0.15, 0.2) is 11.5 Å². The first-order valence-corrected chi connectivity index (χ1v) is 8.59. The van der Waals surface area contributed by atoms with Gasteiger partial charge in [0, 0.05) is 32.1 Å². The van der Waals surface area contributed by atoms with E-state index in [1.54, 1.807) is 21.8 Å². The summed E-state index contributed by atoms with van der Waals surface area (Å²) < 4.78 is 1.67. The predicted molar refractivity (Wildman–Crippen MR) is 90.5 cm³/mol. The molecule has 1 aliphatic rings. The van der Waals surface area contributed by atoms with Crippen molar-refractivity contribution in [3.63, 3.8) is 0 Å². The highest BCUT2D eigenvalue weighted by Crippen LogP contribution is 2.24. The van der Waals surface area contributed by atoms with Crippen LogP contribution in [0.2, 0.25) is 0 Å². The summed E-state index contributed by atoms with van der Waals surface area (Å²) in [6, 6.07) is 2.20. The van der Waals surface area contributed by atoms with E-state index in [1.165, 1.54) is 0 Å². The number of hydrogen-bond acceptors (Lipinski definition) is 7. The third kappa shape index (κ3) is 3.52. The van der Waals surface area contributed by atoms with Crippen LogP contribution in [0.4, 0.5) is 5.82 Å². The minimum absolute atomic E-state index is 0.00289. The molecule has 2 aromatic rings. The Balaban J connectivity index is 1.64. The van der Waals surface area contributed by atoms with E-state index in [9.17, 15) is 4.79 Å². The number of carbonyl (C=O) groups excluding carboxylic acids is 1. The molecule has 1 saturated heterocycles. The van der Waals surface area contributed by atoms with Crippen LogP contribution in [0.1, 0.15) is 26.7 Å². The number of hydrogen-bond donors (Lipinski definition) is 0. The molecular formula is C16H22N8O. The van der Waals surface area contributed by atoms with Gasteiger partial charge in [-0.15, -0.1) is 5.10 Å². The molecule has 0 spiro atoms. The summed E-state index contributed by atoms with van der Waals surface area (Å²) in [4.78, 5) is 20.9. The lowest BCUT2D eigenvalue weighted by Crippen LogP contribution is -2.44. The highest BCUT2D eigenvalue weighted by molar-refractivity contribution is 5.79. The topological polar surface area (TPSA) is 103 Å². The van der Waals surface area contributed by atoms with E-state index in [2.05, 4.69) is 31.5 Å². The van der Waals surface area contributed by atoms with Gasteiger partial charge in [-0.25, -0.2) is 0 Å². The van der Waals surface area contributed by atoms with E-state index in [0.29, 0.717) is 18.7 Å². The first-order valence-electron chi connectivity index (χ1n) is 8.59. The molecule has 0 aliphatic carbocycles. The van der Waals surface area contributed by atoms with Crippen LogP contribution in [0, 0.1) is 23.2 Å². The van der Waals surface area contributed by atoms with Crippen molar-refractivity contribution >= 4 is 17.4 Å². The second-order valence-electron chi connectivity index (χ2n) is 6.38. The number of nitrogens with zero attached hydrogens (tertiary/aromatic N) is 8. The summed E-state index contributed by atoms with van der Waals surface area (Å²) >= 11 is 0. The summed E-state index contributed by atoms with van der Waals surface area (Å²) in [6.45, 7) is 6.45. The molecular weight excluding hydrogens is 320 g/mol. The van der Waals surface area contributed by atoms with Gasteiger partial charge in [-0.05, 0) is 37.1 Å². The number of carbonyl (C=O) groups is 1. The monoisotopic (exact) mass is 342 g/mol. The number of piperidine rings is 1. The van der Waals surface area contributed by atoms with Crippen LogP contribution in [0.25, 0.3) is 5.65 Å². The van der Waals surface area contributed by atoms with Gasteiger partial charge in [0.25, 0.3) is 0 Å². The van der Waals surface area contributed by atoms with E-state index >= 15 is 0 Å². The average molecular weight is 342 g/mol. The number of fused-ring (bicyclic) bond motifs is 1. The lowest BCUT2D eigenvalue weighted by Gasteiger charge is -2.35. The number of tetrazole rings is 1. The van der Waals surface area contributed by atoms with Gasteiger partial charge in [0.2, 0.25) is 5.91 Å². The Labute approximate surface area is 146 Å². The fourth-order valence-corrected chi connectivity index (χ4v) is 3.24. The molecule has 25 heavy (non-hydrogen) atoms. The highest BCUT2D eigenvalue weighted by atomic mass is 16.2. The van der Waals surface area contributed by atoms with Crippen molar-refractivity contribution in [1.82, 2.24) is 29.9 Å². The van der Waals surface area contributed by atoms with E-state index in [0.717, 1.165) is 31.7 Å². The fourth-order valence-electron chi connectivity index (χ4n) is 3.24. The largest absolute Gasteiger partial charge is 0.355 e. The Kier molecular flexibility index (Phi) is 5.07. The van der Waals surface area contributed by atoms with Gasteiger partial charge in [-0.1, -0.05) is 0 Å². The number of anilines is 1. The Morgan fingerprint density at radius 3 is 2.88 bits per heavy atom. The number of amides is 1. The maximum Gasteiger partial charge on any atom is 0.225 e. The van der Waals surface area contributed by atoms with E-state index in [-0.39, 0.29) is 17.7 Å². The number of nitriles is 1. The molecule has 1 amide bonds. The van der Waals surface area contributed by atoms with Gasteiger partial charge in [0.05, 0.1) is 24.4 Å². The lowest BCUT2D eigenvalue weighted by atomic mass is 9.95. The molecule has 9 heteroatoms. The zero-order valence-electron chi connectivity index (χ0n) is 14.5. The molecule has 3 rings (SSSR count). The van der Waals surface area contributed by atoms with Crippen molar-refractivity contribution in [3.8, 4) is 6.07 Å². The Morgan fingerprint density at radius 2 is 2.20 bits per heavy atom. The van der Waals surface area contributed by atoms with Crippen LogP contribution in [0.15, 0.2) is 12.4 Å². The van der Waals surface area contributed by atoms with Gasteiger partial charge >= 0.3 is 0 Å². The highest BCUT2D eigenvalue weighted by Gasteiger charge is 2.29. The minimum atomic E-state index is -0.146. The zero-order chi connectivity index (χ0) is 17.8. The maximum atomic E-state index is 12.7. The van der Waals surface area contributed by atoms with Crippen molar-refractivity contribution in [2.75, 3.05) is 31.1 Å². The molecule has 132 valence electrons. The Hall–Kier alpha value is -2.76. The molecule has 1 fully saturated rings. The third-order valence-electron chi connectivity index (χ3n) is 4.67. The number of rotatable bonds is 5. The van der Waals surface area contributed by atoms with Crippen molar-refractivity contribution in [2.24, 2.45) is 11.8 Å². The van der Waals surface area contributed by atoms with Crippen LogP contribution >= 0.6 is 0 Å². The SMILES string of the molecule is CCN(C[C@@H](C)C#N)C(=O)C1CCN(c2cncc3nnnn23)CC1. The van der Waals surface area contributed by atoms with Crippen molar-refractivity contribution in [3.05, 3.63) is 12.4 Å². The van der Waals surface area contributed by atoms with Crippen LogP contribution in [-0.2, 0) is 4.79 Å². The van der Waals surface area contributed by atoms with Crippen LogP contribution in [-0.4, -0.2) is 62.0 Å². The second-order valence-corrected chi connectivity index (χ2v) is 6.38. The van der Waals surface area contributed by atoms with Crippen molar-refractivity contribution in [1.29, 1.82) is 5.26 Å². The fraction of sp³-hybridized carbons (Fsp3) is 0.625. The van der Waals surface area contributed by atoms with Gasteiger partial charge < -0.3 is 9.80 Å². The van der Waals surface area contributed by atoms with Crippen LogP contribution in [0.5, 0.6) is 0 Å². The van der Waals surface area contributed by atoms with Gasteiger partial charge in [-0.2, -0.15) is 9.78 Å². The minimum Gasteiger partial charge on any atom is -0.355 e. The summed E-state index contributed by atoms with van der Waals surface area (Å²) in [6.07, 6.45) is 4.91. The molecule has 2 aromatic heterocycles. The smallest absolute Gasteiger partial charge is 0.225 e. The second kappa shape index (κ2) is 7.42. The normalized spacial score (nSPS) is 16.6. The van der Waals surface area contributed by atoms with E-state index in [1.807, 2.05) is 13.8 Å². The zero-order valence-corrected chi connectivity index (χ0v) is 14.5. The van der Waals surface area contributed by atoms with E-state index < -0.39 is 0 Å². The summed E-state index contributed by atoms with van der Waals surface area (Å²) in [5, 5.41) is 20.6. The maximum absolute atomic E-state index is 12.7. The molecule has 9 nitrogen and oxygen atoms in total. The van der Waals surface area contributed by atoms with Gasteiger partial charge in [-0.3, -0.25) is 9.78 Å². The summed E-state index contributed by atoms with van der Waals surface area (Å²) in [5.74, 6) is 0.859. The molecule has 0 saturated carbocycles. The molecule has 0 N–H and O–H groups in total. The molecule has 0 unspecified atom stereocenters. The number of aromatic nitrogens is 5. The van der Waals surface area contributed by atoms with Crippen molar-refractivity contribution in [2.45, 2.75) is 26.7 Å². The van der Waals surface area contributed by atoms with Crippen molar-refractivity contribution < 1.29 is 4.79 Å². The average Bonchev–Trinajstić information content (AvgIpc) is 3.14. The molecule has 1 aliphatic heterocycles. The standard InChI is InChI=1S/C16H22N8O/c1-3-22(11-12(2)8-17)16(25)13-4-6-23(7-5-13)15-10-18-9-14-19-20-21-24(14)15/h9-10,12-13H,3-7,11H2,1-2H3/t12-/m0/s1. The molecule has 0 aromatic carbocycles. The summed E-state index contributed by atoms with van der Waals surface area (Å²) in [7, 11) is 0. The molecule has 0 bridgehead atoms. The van der Waals surface area contributed by atoms with Crippen LogP contribution in [0.3, 0.4) is 0 Å². The molecule has 3 heterocycles. The van der Waals surface area contributed by atoms with Crippen LogP contribution < -0.4 is 4.90 Å². The Bertz CT molecular complexity index is 774. The summed E-state index contributed by atoms with van der Waals surface area (Å²) in [5.41, 5.74) is 0.610.